The van der Waals surface area contributed by atoms with Gasteiger partial charge in [0.2, 0.25) is 0 Å². The van der Waals surface area contributed by atoms with E-state index in [1.807, 2.05) is 6.07 Å². The second-order valence-electron chi connectivity index (χ2n) is 3.99. The zero-order chi connectivity index (χ0) is 9.97. The minimum absolute atomic E-state index is 0.612. The molecule has 1 aromatic heterocycles. The van der Waals surface area contributed by atoms with Crippen LogP contribution in [0.4, 0.5) is 0 Å². The Morgan fingerprint density at radius 1 is 1.43 bits per heavy atom. The van der Waals surface area contributed by atoms with Crippen molar-refractivity contribution in [2.45, 2.75) is 18.8 Å². The van der Waals surface area contributed by atoms with Gasteiger partial charge in [-0.1, -0.05) is 11.6 Å². The van der Waals surface area contributed by atoms with E-state index >= 15 is 0 Å². The Morgan fingerprint density at radius 3 is 2.79 bits per heavy atom. The Morgan fingerprint density at radius 2 is 2.14 bits per heavy atom. The maximum absolute atomic E-state index is 5.87. The first-order chi connectivity index (χ1) is 6.75. The highest BCUT2D eigenvalue weighted by Gasteiger charge is 2.18. The summed E-state index contributed by atoms with van der Waals surface area (Å²) in [5.74, 6) is 0.673. The van der Waals surface area contributed by atoms with Gasteiger partial charge in [0.05, 0.1) is 0 Å². The third kappa shape index (κ3) is 2.25. The Balaban J connectivity index is 2.08. The minimum Gasteiger partial charge on any atom is -0.306 e. The minimum atomic E-state index is 0.612. The predicted octanol–water partition coefficient (Wildman–Crippen LogP) is 2.54. The van der Waals surface area contributed by atoms with Gasteiger partial charge >= 0.3 is 0 Å². The average molecular weight is 211 g/mol. The van der Waals surface area contributed by atoms with Crippen molar-refractivity contribution < 1.29 is 0 Å². The van der Waals surface area contributed by atoms with Crippen LogP contribution in [0.3, 0.4) is 0 Å². The number of hydrogen-bond donors (Lipinski definition) is 0. The zero-order valence-corrected chi connectivity index (χ0v) is 9.17. The molecule has 0 radical (unpaired) electrons. The highest BCUT2D eigenvalue weighted by Crippen LogP contribution is 2.27. The fraction of sp³-hybridized carbons (Fsp3) is 0.545. The highest BCUT2D eigenvalue weighted by molar-refractivity contribution is 6.29. The van der Waals surface area contributed by atoms with E-state index in [1.54, 1.807) is 6.20 Å². The number of hydrogen-bond acceptors (Lipinski definition) is 2. The Bertz CT molecular complexity index is 306. The average Bonchev–Trinajstić information content (AvgIpc) is 2.19. The summed E-state index contributed by atoms with van der Waals surface area (Å²) < 4.78 is 0. The molecule has 1 saturated heterocycles. The molecule has 3 heteroatoms. The molecular formula is C11H15ClN2. The molecule has 2 nitrogen and oxygen atoms in total. The fourth-order valence-corrected chi connectivity index (χ4v) is 2.20. The molecule has 1 fully saturated rings. The van der Waals surface area contributed by atoms with Crippen molar-refractivity contribution in [2.24, 2.45) is 0 Å². The molecule has 76 valence electrons. The van der Waals surface area contributed by atoms with E-state index in [4.69, 9.17) is 11.6 Å². The molecule has 1 aliphatic rings. The number of halogens is 1. The molecule has 0 unspecified atom stereocenters. The molecule has 1 aromatic rings. The van der Waals surface area contributed by atoms with Crippen molar-refractivity contribution >= 4 is 11.6 Å². The van der Waals surface area contributed by atoms with Crippen LogP contribution in [0.1, 0.15) is 24.3 Å². The summed E-state index contributed by atoms with van der Waals surface area (Å²) in [6.07, 6.45) is 4.27. The lowest BCUT2D eigenvalue weighted by molar-refractivity contribution is 0.255. The standard InChI is InChI=1S/C11H15ClN2/c1-14-6-3-9(4-7-14)10-2-5-13-11(12)8-10/h2,5,8-9H,3-4,6-7H2,1H3. The van der Waals surface area contributed by atoms with E-state index in [1.165, 1.54) is 31.5 Å². The fourth-order valence-electron chi connectivity index (χ4n) is 2.01. The van der Waals surface area contributed by atoms with Crippen molar-refractivity contribution in [3.8, 4) is 0 Å². The number of likely N-dealkylation sites (tertiary alicyclic amines) is 1. The number of piperidine rings is 1. The summed E-state index contributed by atoms with van der Waals surface area (Å²) in [7, 11) is 2.18. The van der Waals surface area contributed by atoms with Crippen LogP contribution in [0.5, 0.6) is 0 Å². The van der Waals surface area contributed by atoms with Gasteiger partial charge in [-0.05, 0) is 56.6 Å². The van der Waals surface area contributed by atoms with E-state index in [2.05, 4.69) is 23.0 Å². The molecule has 0 N–H and O–H groups in total. The van der Waals surface area contributed by atoms with Gasteiger partial charge < -0.3 is 4.90 Å². The quantitative estimate of drug-likeness (QED) is 0.663. The first-order valence-corrected chi connectivity index (χ1v) is 5.43. The summed E-state index contributed by atoms with van der Waals surface area (Å²) in [4.78, 5) is 6.38. The summed E-state index contributed by atoms with van der Waals surface area (Å²) in [6.45, 7) is 2.37. The lowest BCUT2D eigenvalue weighted by Crippen LogP contribution is -2.29. The van der Waals surface area contributed by atoms with Crippen molar-refractivity contribution in [1.82, 2.24) is 9.88 Å². The smallest absolute Gasteiger partial charge is 0.129 e. The molecule has 0 saturated carbocycles. The molecule has 0 amide bonds. The Labute approximate surface area is 89.9 Å². The molecule has 2 heterocycles. The summed E-state index contributed by atoms with van der Waals surface area (Å²) in [6, 6.07) is 4.08. The monoisotopic (exact) mass is 210 g/mol. The molecule has 0 bridgehead atoms. The van der Waals surface area contributed by atoms with Gasteiger partial charge in [-0.2, -0.15) is 0 Å². The summed E-state index contributed by atoms with van der Waals surface area (Å²) in [5.41, 5.74) is 1.35. The highest BCUT2D eigenvalue weighted by atomic mass is 35.5. The van der Waals surface area contributed by atoms with Crippen LogP contribution in [0.25, 0.3) is 0 Å². The van der Waals surface area contributed by atoms with Crippen LogP contribution in [0.15, 0.2) is 18.3 Å². The lowest BCUT2D eigenvalue weighted by atomic mass is 9.90. The Hall–Kier alpha value is -0.600. The molecule has 0 aromatic carbocycles. The topological polar surface area (TPSA) is 16.1 Å². The number of pyridine rings is 1. The van der Waals surface area contributed by atoms with E-state index in [9.17, 15) is 0 Å². The van der Waals surface area contributed by atoms with Crippen LogP contribution < -0.4 is 0 Å². The SMILES string of the molecule is CN1CCC(c2ccnc(Cl)c2)CC1. The van der Waals surface area contributed by atoms with Crippen molar-refractivity contribution in [2.75, 3.05) is 20.1 Å². The lowest BCUT2D eigenvalue weighted by Gasteiger charge is -2.29. The van der Waals surface area contributed by atoms with Gasteiger partial charge in [0.15, 0.2) is 0 Å². The van der Waals surface area contributed by atoms with Crippen LogP contribution in [0, 0.1) is 0 Å². The van der Waals surface area contributed by atoms with Crippen molar-refractivity contribution in [3.63, 3.8) is 0 Å². The molecule has 14 heavy (non-hydrogen) atoms. The third-order valence-electron chi connectivity index (χ3n) is 2.94. The van der Waals surface area contributed by atoms with Crippen molar-refractivity contribution in [3.05, 3.63) is 29.0 Å². The van der Waals surface area contributed by atoms with Gasteiger partial charge in [0.25, 0.3) is 0 Å². The van der Waals surface area contributed by atoms with Crippen LogP contribution >= 0.6 is 11.6 Å². The van der Waals surface area contributed by atoms with Gasteiger partial charge in [0, 0.05) is 6.20 Å². The van der Waals surface area contributed by atoms with E-state index in [0.717, 1.165) is 0 Å². The molecule has 2 rings (SSSR count). The molecule has 0 aliphatic carbocycles. The summed E-state index contributed by atoms with van der Waals surface area (Å²) in [5, 5.41) is 0.612. The maximum Gasteiger partial charge on any atom is 0.129 e. The van der Waals surface area contributed by atoms with Gasteiger partial charge in [-0.3, -0.25) is 0 Å². The molecule has 0 spiro atoms. The predicted molar refractivity (Wildman–Crippen MR) is 58.7 cm³/mol. The third-order valence-corrected chi connectivity index (χ3v) is 3.15. The number of aromatic nitrogens is 1. The van der Waals surface area contributed by atoms with Crippen LogP contribution in [0.2, 0.25) is 5.15 Å². The van der Waals surface area contributed by atoms with E-state index < -0.39 is 0 Å². The molecule has 1 aliphatic heterocycles. The van der Waals surface area contributed by atoms with Gasteiger partial charge in [0.1, 0.15) is 5.15 Å². The van der Waals surface area contributed by atoms with Crippen LogP contribution in [-0.2, 0) is 0 Å². The largest absolute Gasteiger partial charge is 0.306 e. The summed E-state index contributed by atoms with van der Waals surface area (Å²) >= 11 is 5.87. The van der Waals surface area contributed by atoms with Crippen molar-refractivity contribution in [1.29, 1.82) is 0 Å². The van der Waals surface area contributed by atoms with E-state index in [0.29, 0.717) is 11.1 Å². The van der Waals surface area contributed by atoms with Gasteiger partial charge in [-0.25, -0.2) is 4.98 Å². The second kappa shape index (κ2) is 4.28. The van der Waals surface area contributed by atoms with Gasteiger partial charge in [-0.15, -0.1) is 0 Å². The first-order valence-electron chi connectivity index (χ1n) is 5.05. The van der Waals surface area contributed by atoms with E-state index in [-0.39, 0.29) is 0 Å². The first kappa shape index (κ1) is 9.94. The van der Waals surface area contributed by atoms with Crippen LogP contribution in [-0.4, -0.2) is 30.0 Å². The molecule has 0 atom stereocenters. The maximum atomic E-state index is 5.87. The Kier molecular flexibility index (Phi) is 3.04. The second-order valence-corrected chi connectivity index (χ2v) is 4.38. The molecular weight excluding hydrogens is 196 g/mol. The number of nitrogens with zero attached hydrogens (tertiary/aromatic N) is 2. The zero-order valence-electron chi connectivity index (χ0n) is 8.41. The number of rotatable bonds is 1. The normalized spacial score (nSPS) is 19.9.